The average molecular weight is 419 g/mol. The second kappa shape index (κ2) is 9.55. The minimum atomic E-state index is -0.0444. The van der Waals surface area contributed by atoms with E-state index in [4.69, 9.17) is 13.6 Å². The molecule has 0 atom stereocenters. The van der Waals surface area contributed by atoms with E-state index in [2.05, 4.69) is 15.0 Å². The van der Waals surface area contributed by atoms with Crippen molar-refractivity contribution < 1.29 is 18.4 Å². The quantitative estimate of drug-likeness (QED) is 0.245. The van der Waals surface area contributed by atoms with Gasteiger partial charge in [0.05, 0.1) is 30.6 Å². The fourth-order valence-corrected chi connectivity index (χ4v) is 3.55. The van der Waals surface area contributed by atoms with Crippen LogP contribution in [0.1, 0.15) is 54.4 Å². The molecule has 0 aliphatic carbocycles. The van der Waals surface area contributed by atoms with Crippen LogP contribution in [0.15, 0.2) is 51.8 Å². The van der Waals surface area contributed by atoms with Crippen molar-refractivity contribution >= 4 is 16.7 Å². The minimum Gasteiger partial charge on any atom is -0.496 e. The highest BCUT2D eigenvalue weighted by Gasteiger charge is 2.14. The summed E-state index contributed by atoms with van der Waals surface area (Å²) in [6.45, 7) is 1.97. The van der Waals surface area contributed by atoms with E-state index in [0.29, 0.717) is 23.8 Å². The molecule has 0 bridgehead atoms. The monoisotopic (exact) mass is 419 g/mol. The number of carbonyl (C=O) groups excluding carboxylic acids is 1. The van der Waals surface area contributed by atoms with Crippen LogP contribution in [0, 0.1) is 6.92 Å². The van der Waals surface area contributed by atoms with Crippen molar-refractivity contribution in [3.8, 4) is 17.1 Å². The Hall–Kier alpha value is -3.48. The molecule has 7 nitrogen and oxygen atoms in total. The minimum absolute atomic E-state index is 0.0444. The first-order valence-electron chi connectivity index (χ1n) is 10.5. The number of oxazole rings is 2. The Labute approximate surface area is 180 Å². The van der Waals surface area contributed by atoms with Gasteiger partial charge in [0.1, 0.15) is 12.0 Å². The topological polar surface area (TPSA) is 91.2 Å². The normalized spacial score (nSPS) is 11.2. The molecule has 31 heavy (non-hydrogen) atoms. The van der Waals surface area contributed by atoms with Crippen molar-refractivity contribution in [2.24, 2.45) is 0 Å². The van der Waals surface area contributed by atoms with Crippen LogP contribution < -0.4 is 4.74 Å². The summed E-state index contributed by atoms with van der Waals surface area (Å²) in [5, 5.41) is 1.03. The molecule has 0 spiro atoms. The molecule has 0 amide bonds. The first-order chi connectivity index (χ1) is 15.1. The van der Waals surface area contributed by atoms with Crippen LogP contribution in [0.25, 0.3) is 22.2 Å². The number of aromatic nitrogens is 3. The maximum absolute atomic E-state index is 11.9. The number of nitrogens with zero attached hydrogens (tertiary/aromatic N) is 3. The van der Waals surface area contributed by atoms with Crippen LogP contribution in [0.5, 0.6) is 5.75 Å². The van der Waals surface area contributed by atoms with Gasteiger partial charge in [0.25, 0.3) is 5.89 Å². The number of aryl methyl sites for hydroxylation is 2. The molecule has 160 valence electrons. The Morgan fingerprint density at radius 2 is 1.97 bits per heavy atom. The number of fused-ring (bicyclic) bond motifs is 1. The molecule has 4 rings (SSSR count). The number of carbonyl (C=O) groups is 1. The number of hydrogen-bond donors (Lipinski definition) is 0. The largest absolute Gasteiger partial charge is 0.496 e. The molecule has 0 saturated heterocycles. The van der Waals surface area contributed by atoms with Gasteiger partial charge >= 0.3 is 0 Å². The fraction of sp³-hybridized carbons (Fsp3) is 0.333. The SMILES string of the molecule is COc1cc2nc(C)ccc2cc1-c1cnc(CCCCCCC(=O)c2ncco2)o1. The maximum Gasteiger partial charge on any atom is 0.263 e. The summed E-state index contributed by atoms with van der Waals surface area (Å²) in [5.41, 5.74) is 2.72. The number of ether oxygens (including phenoxy) is 1. The Morgan fingerprint density at radius 1 is 1.10 bits per heavy atom. The Kier molecular flexibility index (Phi) is 6.40. The molecule has 4 aromatic rings. The van der Waals surface area contributed by atoms with Crippen molar-refractivity contribution in [2.45, 2.75) is 45.4 Å². The third-order valence-electron chi connectivity index (χ3n) is 5.18. The highest BCUT2D eigenvalue weighted by Crippen LogP contribution is 2.34. The molecule has 1 aromatic carbocycles. The fourth-order valence-electron chi connectivity index (χ4n) is 3.55. The van der Waals surface area contributed by atoms with E-state index in [1.165, 1.54) is 12.5 Å². The molecule has 0 aliphatic rings. The van der Waals surface area contributed by atoms with Gasteiger partial charge in [-0.05, 0) is 31.9 Å². The molecule has 0 aliphatic heterocycles. The molecule has 3 aromatic heterocycles. The van der Waals surface area contributed by atoms with Gasteiger partial charge < -0.3 is 13.6 Å². The van der Waals surface area contributed by atoms with E-state index < -0.39 is 0 Å². The third kappa shape index (κ3) is 4.99. The van der Waals surface area contributed by atoms with Crippen LogP contribution in [0.2, 0.25) is 0 Å². The van der Waals surface area contributed by atoms with Crippen LogP contribution in [0.3, 0.4) is 0 Å². The summed E-state index contributed by atoms with van der Waals surface area (Å²) in [4.78, 5) is 24.7. The first kappa shape index (κ1) is 20.8. The Bertz CT molecular complexity index is 1170. The molecule has 7 heteroatoms. The summed E-state index contributed by atoms with van der Waals surface area (Å²) in [5.74, 6) is 2.25. The Balaban J connectivity index is 1.31. The third-order valence-corrected chi connectivity index (χ3v) is 5.18. The number of pyridine rings is 1. The lowest BCUT2D eigenvalue weighted by atomic mass is 10.1. The molecule has 0 fully saturated rings. The molecule has 3 heterocycles. The van der Waals surface area contributed by atoms with Crippen molar-refractivity contribution in [1.29, 1.82) is 0 Å². The van der Waals surface area contributed by atoms with E-state index in [-0.39, 0.29) is 11.7 Å². The second-order valence-electron chi connectivity index (χ2n) is 7.49. The van der Waals surface area contributed by atoms with E-state index in [0.717, 1.165) is 54.3 Å². The van der Waals surface area contributed by atoms with Crippen LogP contribution in [-0.2, 0) is 6.42 Å². The lowest BCUT2D eigenvalue weighted by molar-refractivity contribution is 0.0945. The van der Waals surface area contributed by atoms with E-state index >= 15 is 0 Å². The van der Waals surface area contributed by atoms with Gasteiger partial charge in [-0.2, -0.15) is 0 Å². The van der Waals surface area contributed by atoms with Crippen LogP contribution >= 0.6 is 0 Å². The lowest BCUT2D eigenvalue weighted by Crippen LogP contribution is -1.98. The smallest absolute Gasteiger partial charge is 0.263 e. The molecular formula is C24H25N3O4. The zero-order chi connectivity index (χ0) is 21.6. The van der Waals surface area contributed by atoms with Gasteiger partial charge in [0, 0.05) is 30.0 Å². The van der Waals surface area contributed by atoms with Crippen molar-refractivity contribution in [3.63, 3.8) is 0 Å². The number of benzene rings is 1. The number of hydrogen-bond acceptors (Lipinski definition) is 7. The summed E-state index contributed by atoms with van der Waals surface area (Å²) >= 11 is 0. The number of rotatable bonds is 10. The summed E-state index contributed by atoms with van der Waals surface area (Å²) in [6, 6.07) is 7.99. The number of methoxy groups -OCH3 is 1. The van der Waals surface area contributed by atoms with Gasteiger partial charge in [0.15, 0.2) is 11.7 Å². The predicted octanol–water partition coefficient (Wildman–Crippen LogP) is 5.57. The van der Waals surface area contributed by atoms with Crippen LogP contribution in [-0.4, -0.2) is 27.8 Å². The zero-order valence-corrected chi connectivity index (χ0v) is 17.8. The molecular weight excluding hydrogens is 394 g/mol. The molecule has 0 N–H and O–H groups in total. The van der Waals surface area contributed by atoms with Crippen molar-refractivity contribution in [2.75, 3.05) is 7.11 Å². The summed E-state index contributed by atoms with van der Waals surface area (Å²) in [6.07, 6.45) is 9.60. The van der Waals surface area contributed by atoms with Crippen molar-refractivity contribution in [3.05, 3.63) is 60.4 Å². The van der Waals surface area contributed by atoms with E-state index in [1.807, 2.05) is 31.2 Å². The number of ketones is 1. The molecule has 0 unspecified atom stereocenters. The predicted molar refractivity (Wildman–Crippen MR) is 116 cm³/mol. The van der Waals surface area contributed by atoms with Crippen LogP contribution in [0.4, 0.5) is 0 Å². The van der Waals surface area contributed by atoms with Gasteiger partial charge in [0.2, 0.25) is 5.78 Å². The van der Waals surface area contributed by atoms with E-state index in [1.54, 1.807) is 13.3 Å². The lowest BCUT2D eigenvalue weighted by Gasteiger charge is -2.08. The van der Waals surface area contributed by atoms with Gasteiger partial charge in [-0.25, -0.2) is 9.97 Å². The average Bonchev–Trinajstić information content (AvgIpc) is 3.47. The maximum atomic E-state index is 11.9. The van der Waals surface area contributed by atoms with E-state index in [9.17, 15) is 4.79 Å². The van der Waals surface area contributed by atoms with Gasteiger partial charge in [-0.15, -0.1) is 0 Å². The highest BCUT2D eigenvalue weighted by atomic mass is 16.5. The summed E-state index contributed by atoms with van der Waals surface area (Å²) in [7, 11) is 1.64. The molecule has 0 saturated carbocycles. The molecule has 0 radical (unpaired) electrons. The number of unbranched alkanes of at least 4 members (excludes halogenated alkanes) is 3. The second-order valence-corrected chi connectivity index (χ2v) is 7.49. The van der Waals surface area contributed by atoms with Gasteiger partial charge in [-0.1, -0.05) is 18.9 Å². The highest BCUT2D eigenvalue weighted by molar-refractivity contribution is 5.91. The Morgan fingerprint density at radius 3 is 2.77 bits per heavy atom. The standard InChI is InChI=1S/C24H25N3O4/c1-16-9-10-17-13-18(21(29-2)14-19(17)27-16)22-15-26-23(31-22)8-6-4-3-5-7-20(28)24-25-11-12-30-24/h9-15H,3-8H2,1-2H3. The van der Waals surface area contributed by atoms with Gasteiger partial charge in [-0.3, -0.25) is 9.78 Å². The summed E-state index contributed by atoms with van der Waals surface area (Å²) < 4.78 is 16.6. The van der Waals surface area contributed by atoms with Crippen molar-refractivity contribution in [1.82, 2.24) is 15.0 Å². The zero-order valence-electron chi connectivity index (χ0n) is 17.8. The first-order valence-corrected chi connectivity index (χ1v) is 10.5. The number of Topliss-reactive ketones (excluding diaryl/α,β-unsaturated/α-hetero) is 1.